The lowest BCUT2D eigenvalue weighted by atomic mass is 9.98. The molecule has 2 aliphatic heterocycles. The van der Waals surface area contributed by atoms with Crippen LogP contribution in [-0.4, -0.2) is 50.7 Å². The highest BCUT2D eigenvalue weighted by Crippen LogP contribution is 2.24. The number of anilines is 1. The van der Waals surface area contributed by atoms with E-state index < -0.39 is 0 Å². The van der Waals surface area contributed by atoms with Gasteiger partial charge in [-0.3, -0.25) is 4.90 Å². The average Bonchev–Trinajstić information content (AvgIpc) is 2.52. The first-order chi connectivity index (χ1) is 10.2. The van der Waals surface area contributed by atoms with Gasteiger partial charge in [0, 0.05) is 38.4 Å². The minimum Gasteiger partial charge on any atom is -0.369 e. The van der Waals surface area contributed by atoms with E-state index in [0.29, 0.717) is 0 Å². The van der Waals surface area contributed by atoms with Gasteiger partial charge in [0.1, 0.15) is 0 Å². The zero-order chi connectivity index (χ0) is 14.7. The third-order valence-corrected chi connectivity index (χ3v) is 5.20. The lowest BCUT2D eigenvalue weighted by Crippen LogP contribution is -2.49. The number of benzene rings is 1. The van der Waals surface area contributed by atoms with E-state index in [1.165, 1.54) is 75.5 Å². The van der Waals surface area contributed by atoms with Crippen LogP contribution in [0, 0.1) is 19.8 Å². The van der Waals surface area contributed by atoms with E-state index in [2.05, 4.69) is 47.2 Å². The van der Waals surface area contributed by atoms with E-state index in [1.54, 1.807) is 0 Å². The van der Waals surface area contributed by atoms with Crippen LogP contribution >= 0.6 is 12.4 Å². The summed E-state index contributed by atoms with van der Waals surface area (Å²) in [6.07, 6.45) is 2.76. The van der Waals surface area contributed by atoms with Crippen LogP contribution in [0.15, 0.2) is 18.2 Å². The lowest BCUT2D eigenvalue weighted by molar-refractivity contribution is 0.199. The van der Waals surface area contributed by atoms with Crippen molar-refractivity contribution in [1.82, 2.24) is 10.2 Å². The van der Waals surface area contributed by atoms with Crippen LogP contribution in [0.5, 0.6) is 0 Å². The third kappa shape index (κ3) is 4.15. The minimum atomic E-state index is 0. The number of nitrogens with one attached hydrogen (secondary N) is 1. The molecule has 0 spiro atoms. The molecule has 2 saturated heterocycles. The first-order valence-electron chi connectivity index (χ1n) is 8.48. The van der Waals surface area contributed by atoms with Gasteiger partial charge in [-0.2, -0.15) is 0 Å². The lowest BCUT2D eigenvalue weighted by Gasteiger charge is -2.39. The van der Waals surface area contributed by atoms with Crippen molar-refractivity contribution >= 4 is 18.1 Å². The zero-order valence-corrected chi connectivity index (χ0v) is 14.8. The molecule has 0 amide bonds. The summed E-state index contributed by atoms with van der Waals surface area (Å²) in [4.78, 5) is 5.23. The van der Waals surface area contributed by atoms with E-state index in [9.17, 15) is 0 Å². The van der Waals surface area contributed by atoms with Crippen molar-refractivity contribution in [1.29, 1.82) is 0 Å². The number of hydrogen-bond acceptors (Lipinski definition) is 3. The Balaban J connectivity index is 0.00000176. The fourth-order valence-electron chi connectivity index (χ4n) is 3.69. The predicted octanol–water partition coefficient (Wildman–Crippen LogP) is 2.85. The maximum absolute atomic E-state index is 3.54. The van der Waals surface area contributed by atoms with Crippen LogP contribution in [0.2, 0.25) is 0 Å². The number of aryl methyl sites for hydroxylation is 1. The minimum absolute atomic E-state index is 0. The topological polar surface area (TPSA) is 18.5 Å². The van der Waals surface area contributed by atoms with Crippen molar-refractivity contribution in [3.8, 4) is 0 Å². The molecule has 3 rings (SSSR count). The first kappa shape index (κ1) is 17.6. The van der Waals surface area contributed by atoms with Crippen LogP contribution in [0.4, 0.5) is 5.69 Å². The van der Waals surface area contributed by atoms with Gasteiger partial charge in [-0.05, 0) is 62.9 Å². The summed E-state index contributed by atoms with van der Waals surface area (Å²) in [5, 5.41) is 3.54. The highest BCUT2D eigenvalue weighted by atomic mass is 35.5. The molecular formula is C18H30ClN3. The molecule has 1 atom stereocenters. The Kier molecular flexibility index (Phi) is 6.54. The molecule has 4 heteroatoms. The molecule has 0 aromatic heterocycles. The fraction of sp³-hybridized carbons (Fsp3) is 0.667. The molecule has 2 heterocycles. The van der Waals surface area contributed by atoms with Crippen LogP contribution in [0.25, 0.3) is 0 Å². The number of hydrogen-bond donors (Lipinski definition) is 1. The van der Waals surface area contributed by atoms with Gasteiger partial charge in [0.25, 0.3) is 0 Å². The van der Waals surface area contributed by atoms with E-state index >= 15 is 0 Å². The maximum Gasteiger partial charge on any atom is 0.0399 e. The second kappa shape index (κ2) is 8.19. The van der Waals surface area contributed by atoms with E-state index in [0.717, 1.165) is 5.92 Å². The second-order valence-electron chi connectivity index (χ2n) is 6.72. The molecule has 2 fully saturated rings. The van der Waals surface area contributed by atoms with Crippen LogP contribution < -0.4 is 10.2 Å². The number of piperazine rings is 1. The van der Waals surface area contributed by atoms with Gasteiger partial charge in [-0.1, -0.05) is 12.1 Å². The van der Waals surface area contributed by atoms with Crippen molar-refractivity contribution in [3.63, 3.8) is 0 Å². The molecule has 1 N–H and O–H groups in total. The van der Waals surface area contributed by atoms with E-state index in [1.807, 2.05) is 0 Å². The van der Waals surface area contributed by atoms with Crippen LogP contribution in [0.3, 0.4) is 0 Å². The highest BCUT2D eigenvalue weighted by Gasteiger charge is 2.22. The summed E-state index contributed by atoms with van der Waals surface area (Å²) >= 11 is 0. The van der Waals surface area contributed by atoms with E-state index in [4.69, 9.17) is 0 Å². The SMILES string of the molecule is Cc1cccc(N2CCN(CC3CCCNC3)CC2)c1C.Cl. The van der Waals surface area contributed by atoms with E-state index in [-0.39, 0.29) is 12.4 Å². The summed E-state index contributed by atoms with van der Waals surface area (Å²) in [5.41, 5.74) is 4.29. The Morgan fingerprint density at radius 3 is 2.59 bits per heavy atom. The maximum atomic E-state index is 3.54. The van der Waals surface area contributed by atoms with Crippen LogP contribution in [0.1, 0.15) is 24.0 Å². The molecule has 1 aromatic carbocycles. The summed E-state index contributed by atoms with van der Waals surface area (Å²) < 4.78 is 0. The fourth-order valence-corrected chi connectivity index (χ4v) is 3.69. The quantitative estimate of drug-likeness (QED) is 0.922. The Bertz CT molecular complexity index is 463. The summed E-state index contributed by atoms with van der Waals surface area (Å²) in [6.45, 7) is 13.0. The molecule has 3 nitrogen and oxygen atoms in total. The van der Waals surface area contributed by atoms with Crippen molar-refractivity contribution in [3.05, 3.63) is 29.3 Å². The molecule has 0 bridgehead atoms. The molecule has 1 aromatic rings. The molecular weight excluding hydrogens is 294 g/mol. The van der Waals surface area contributed by atoms with Crippen molar-refractivity contribution in [2.75, 3.05) is 50.7 Å². The Labute approximate surface area is 141 Å². The number of piperidine rings is 1. The Morgan fingerprint density at radius 1 is 1.14 bits per heavy atom. The van der Waals surface area contributed by atoms with Crippen molar-refractivity contribution < 1.29 is 0 Å². The van der Waals surface area contributed by atoms with Gasteiger partial charge in [0.15, 0.2) is 0 Å². The van der Waals surface area contributed by atoms with Gasteiger partial charge in [-0.25, -0.2) is 0 Å². The van der Waals surface area contributed by atoms with Gasteiger partial charge in [0.2, 0.25) is 0 Å². The third-order valence-electron chi connectivity index (χ3n) is 5.20. The van der Waals surface area contributed by atoms with Crippen molar-refractivity contribution in [2.24, 2.45) is 5.92 Å². The summed E-state index contributed by atoms with van der Waals surface area (Å²) in [6, 6.07) is 6.69. The largest absolute Gasteiger partial charge is 0.369 e. The number of nitrogens with zero attached hydrogens (tertiary/aromatic N) is 2. The number of halogens is 1. The summed E-state index contributed by atoms with van der Waals surface area (Å²) in [7, 11) is 0. The predicted molar refractivity (Wildman–Crippen MR) is 97.4 cm³/mol. The smallest absolute Gasteiger partial charge is 0.0399 e. The van der Waals surface area contributed by atoms with Gasteiger partial charge < -0.3 is 10.2 Å². The average molecular weight is 324 g/mol. The molecule has 0 saturated carbocycles. The molecule has 2 aliphatic rings. The molecule has 0 radical (unpaired) electrons. The normalized spacial score (nSPS) is 23.2. The van der Waals surface area contributed by atoms with Crippen LogP contribution in [-0.2, 0) is 0 Å². The number of rotatable bonds is 3. The molecule has 124 valence electrons. The molecule has 22 heavy (non-hydrogen) atoms. The first-order valence-corrected chi connectivity index (χ1v) is 8.48. The van der Waals surface area contributed by atoms with Crippen molar-refractivity contribution in [2.45, 2.75) is 26.7 Å². The summed E-state index contributed by atoms with van der Waals surface area (Å²) in [5.74, 6) is 0.867. The Hall–Kier alpha value is -0.770. The van der Waals surface area contributed by atoms with Gasteiger partial charge in [0.05, 0.1) is 0 Å². The monoisotopic (exact) mass is 323 g/mol. The zero-order valence-electron chi connectivity index (χ0n) is 14.0. The Morgan fingerprint density at radius 2 is 1.91 bits per heavy atom. The second-order valence-corrected chi connectivity index (χ2v) is 6.72. The van der Waals surface area contributed by atoms with Gasteiger partial charge in [-0.15, -0.1) is 12.4 Å². The standard InChI is InChI=1S/C18H29N3.ClH/c1-15-5-3-7-18(16(15)2)21-11-9-20(10-12-21)14-17-6-4-8-19-13-17;/h3,5,7,17,19H,4,6,8-14H2,1-2H3;1H. The highest BCUT2D eigenvalue weighted by molar-refractivity contribution is 5.85. The molecule has 1 unspecified atom stereocenters. The van der Waals surface area contributed by atoms with Gasteiger partial charge >= 0.3 is 0 Å². The molecule has 0 aliphatic carbocycles.